The molecule has 126 valence electrons. The molecule has 0 saturated carbocycles. The lowest BCUT2D eigenvalue weighted by Crippen LogP contribution is -2.44. The number of nitrogens with zero attached hydrogens (tertiary/aromatic N) is 3. The standard InChI is InChI=1S/C16H31N5O/c1-7-17-16(19-14(4)11-22-6)18-9-12(2)10-21-15(5)8-13(3)20-21/h8,12,14H,7,9-11H2,1-6H3,(H2,17,18,19). The predicted octanol–water partition coefficient (Wildman–Crippen LogP) is 1.73. The van der Waals surface area contributed by atoms with Gasteiger partial charge in [-0.2, -0.15) is 5.10 Å². The van der Waals surface area contributed by atoms with Crippen LogP contribution in [0.25, 0.3) is 0 Å². The zero-order valence-corrected chi connectivity index (χ0v) is 14.8. The van der Waals surface area contributed by atoms with Crippen molar-refractivity contribution in [1.29, 1.82) is 0 Å². The Morgan fingerprint density at radius 1 is 1.41 bits per heavy atom. The van der Waals surface area contributed by atoms with Gasteiger partial charge in [-0.1, -0.05) is 6.92 Å². The molecule has 0 aromatic carbocycles. The summed E-state index contributed by atoms with van der Waals surface area (Å²) in [7, 11) is 1.71. The molecule has 0 amide bonds. The van der Waals surface area contributed by atoms with E-state index in [-0.39, 0.29) is 6.04 Å². The van der Waals surface area contributed by atoms with E-state index in [9.17, 15) is 0 Å². The van der Waals surface area contributed by atoms with Crippen LogP contribution in [-0.4, -0.2) is 48.6 Å². The Morgan fingerprint density at radius 2 is 2.14 bits per heavy atom. The van der Waals surface area contributed by atoms with Crippen molar-refractivity contribution in [2.45, 2.75) is 47.2 Å². The topological polar surface area (TPSA) is 63.5 Å². The van der Waals surface area contributed by atoms with E-state index in [4.69, 9.17) is 4.74 Å². The molecule has 0 spiro atoms. The molecular formula is C16H31N5O. The summed E-state index contributed by atoms with van der Waals surface area (Å²) in [5.41, 5.74) is 2.27. The van der Waals surface area contributed by atoms with Crippen LogP contribution in [0.15, 0.2) is 11.1 Å². The fraction of sp³-hybridized carbons (Fsp3) is 0.750. The summed E-state index contributed by atoms with van der Waals surface area (Å²) in [5.74, 6) is 1.26. The Kier molecular flexibility index (Phi) is 7.95. The summed E-state index contributed by atoms with van der Waals surface area (Å²) in [4.78, 5) is 4.67. The van der Waals surface area contributed by atoms with Crippen molar-refractivity contribution in [3.8, 4) is 0 Å². The SMILES string of the molecule is CCNC(=NCC(C)Cn1nc(C)cc1C)NC(C)COC. The van der Waals surface area contributed by atoms with E-state index in [1.165, 1.54) is 5.69 Å². The van der Waals surface area contributed by atoms with Crippen LogP contribution in [0.3, 0.4) is 0 Å². The second-order valence-electron chi connectivity index (χ2n) is 5.93. The van der Waals surface area contributed by atoms with Gasteiger partial charge in [0, 0.05) is 38.5 Å². The van der Waals surface area contributed by atoms with Gasteiger partial charge in [0.15, 0.2) is 5.96 Å². The third-order valence-electron chi connectivity index (χ3n) is 3.29. The molecule has 0 bridgehead atoms. The first-order valence-electron chi connectivity index (χ1n) is 8.01. The smallest absolute Gasteiger partial charge is 0.191 e. The third-order valence-corrected chi connectivity index (χ3v) is 3.29. The number of methoxy groups -OCH3 is 1. The minimum absolute atomic E-state index is 0.231. The zero-order valence-electron chi connectivity index (χ0n) is 14.8. The van der Waals surface area contributed by atoms with Gasteiger partial charge in [0.1, 0.15) is 0 Å². The Bertz CT molecular complexity index is 469. The zero-order chi connectivity index (χ0) is 16.5. The highest BCUT2D eigenvalue weighted by atomic mass is 16.5. The number of aliphatic imine (C=N–C) groups is 1. The van der Waals surface area contributed by atoms with Crippen LogP contribution < -0.4 is 10.6 Å². The van der Waals surface area contributed by atoms with Gasteiger partial charge in [-0.3, -0.25) is 9.67 Å². The maximum Gasteiger partial charge on any atom is 0.191 e. The molecule has 0 aliphatic carbocycles. The average Bonchev–Trinajstić information content (AvgIpc) is 2.74. The average molecular weight is 309 g/mol. The van der Waals surface area contributed by atoms with E-state index in [1.54, 1.807) is 7.11 Å². The quantitative estimate of drug-likeness (QED) is 0.567. The number of rotatable bonds is 8. The maximum absolute atomic E-state index is 5.15. The van der Waals surface area contributed by atoms with Gasteiger partial charge in [0.25, 0.3) is 0 Å². The van der Waals surface area contributed by atoms with Crippen molar-refractivity contribution in [3.05, 3.63) is 17.5 Å². The monoisotopic (exact) mass is 309 g/mol. The van der Waals surface area contributed by atoms with E-state index in [0.717, 1.165) is 31.3 Å². The number of aryl methyl sites for hydroxylation is 2. The maximum atomic E-state index is 5.15. The first-order chi connectivity index (χ1) is 10.5. The minimum atomic E-state index is 0.231. The largest absolute Gasteiger partial charge is 0.383 e. The van der Waals surface area contributed by atoms with Gasteiger partial charge in [-0.25, -0.2) is 0 Å². The summed E-state index contributed by atoms with van der Waals surface area (Å²) in [6.07, 6.45) is 0. The van der Waals surface area contributed by atoms with Gasteiger partial charge >= 0.3 is 0 Å². The highest BCUT2D eigenvalue weighted by molar-refractivity contribution is 5.80. The number of hydrogen-bond donors (Lipinski definition) is 2. The van der Waals surface area contributed by atoms with Crippen molar-refractivity contribution in [3.63, 3.8) is 0 Å². The molecule has 0 radical (unpaired) electrons. The lowest BCUT2D eigenvalue weighted by atomic mass is 10.2. The Balaban J connectivity index is 2.55. The lowest BCUT2D eigenvalue weighted by Gasteiger charge is -2.18. The minimum Gasteiger partial charge on any atom is -0.383 e. The Labute approximate surface area is 134 Å². The van der Waals surface area contributed by atoms with Crippen molar-refractivity contribution in [2.75, 3.05) is 26.8 Å². The molecule has 1 aromatic heterocycles. The van der Waals surface area contributed by atoms with E-state index < -0.39 is 0 Å². The number of hydrogen-bond acceptors (Lipinski definition) is 3. The normalized spacial score (nSPS) is 14.7. The van der Waals surface area contributed by atoms with Crippen LogP contribution in [0.5, 0.6) is 0 Å². The Hall–Kier alpha value is -1.56. The molecule has 0 aliphatic heterocycles. The molecule has 0 fully saturated rings. The fourth-order valence-electron chi connectivity index (χ4n) is 2.30. The second-order valence-corrected chi connectivity index (χ2v) is 5.93. The van der Waals surface area contributed by atoms with Crippen molar-refractivity contribution in [2.24, 2.45) is 10.9 Å². The van der Waals surface area contributed by atoms with Crippen LogP contribution in [0.1, 0.15) is 32.2 Å². The molecule has 0 aliphatic rings. The van der Waals surface area contributed by atoms with E-state index in [1.807, 2.05) is 6.92 Å². The molecular weight excluding hydrogens is 278 g/mol. The van der Waals surface area contributed by atoms with Crippen LogP contribution in [0.2, 0.25) is 0 Å². The molecule has 0 saturated heterocycles. The summed E-state index contributed by atoms with van der Waals surface area (Å²) in [6, 6.07) is 2.34. The molecule has 1 rings (SSSR count). The Morgan fingerprint density at radius 3 is 2.68 bits per heavy atom. The van der Waals surface area contributed by atoms with E-state index in [2.05, 4.69) is 59.2 Å². The van der Waals surface area contributed by atoms with E-state index >= 15 is 0 Å². The summed E-state index contributed by atoms with van der Waals surface area (Å²) >= 11 is 0. The van der Waals surface area contributed by atoms with Crippen molar-refractivity contribution < 1.29 is 4.74 Å². The summed E-state index contributed by atoms with van der Waals surface area (Å²) in [5, 5.41) is 11.1. The van der Waals surface area contributed by atoms with Crippen LogP contribution in [-0.2, 0) is 11.3 Å². The molecule has 2 unspecified atom stereocenters. The summed E-state index contributed by atoms with van der Waals surface area (Å²) < 4.78 is 7.20. The first kappa shape index (κ1) is 18.5. The fourth-order valence-corrected chi connectivity index (χ4v) is 2.30. The number of nitrogens with one attached hydrogen (secondary N) is 2. The predicted molar refractivity (Wildman–Crippen MR) is 91.3 cm³/mol. The van der Waals surface area contributed by atoms with Gasteiger partial charge < -0.3 is 15.4 Å². The molecule has 6 nitrogen and oxygen atoms in total. The summed E-state index contributed by atoms with van der Waals surface area (Å²) in [6.45, 7) is 13.6. The van der Waals surface area contributed by atoms with Crippen LogP contribution in [0, 0.1) is 19.8 Å². The number of aromatic nitrogens is 2. The number of guanidine groups is 1. The molecule has 2 N–H and O–H groups in total. The van der Waals surface area contributed by atoms with E-state index in [0.29, 0.717) is 12.5 Å². The van der Waals surface area contributed by atoms with Gasteiger partial charge in [-0.05, 0) is 39.7 Å². The van der Waals surface area contributed by atoms with Crippen molar-refractivity contribution in [1.82, 2.24) is 20.4 Å². The molecule has 1 aromatic rings. The lowest BCUT2D eigenvalue weighted by molar-refractivity contribution is 0.179. The van der Waals surface area contributed by atoms with Crippen LogP contribution in [0.4, 0.5) is 0 Å². The van der Waals surface area contributed by atoms with Gasteiger partial charge in [0.05, 0.1) is 12.3 Å². The first-order valence-corrected chi connectivity index (χ1v) is 8.01. The third kappa shape index (κ3) is 6.47. The molecule has 22 heavy (non-hydrogen) atoms. The van der Waals surface area contributed by atoms with Crippen molar-refractivity contribution >= 4 is 5.96 Å². The highest BCUT2D eigenvalue weighted by Crippen LogP contribution is 2.06. The van der Waals surface area contributed by atoms with Gasteiger partial charge in [0.2, 0.25) is 0 Å². The van der Waals surface area contributed by atoms with Gasteiger partial charge in [-0.15, -0.1) is 0 Å². The second kappa shape index (κ2) is 9.46. The molecule has 2 atom stereocenters. The highest BCUT2D eigenvalue weighted by Gasteiger charge is 2.08. The molecule has 1 heterocycles. The number of ether oxygens (including phenoxy) is 1. The molecule has 6 heteroatoms. The van der Waals surface area contributed by atoms with Crippen LogP contribution >= 0.6 is 0 Å².